The van der Waals surface area contributed by atoms with Gasteiger partial charge in [-0.25, -0.2) is 0 Å². The Bertz CT molecular complexity index is 682. The summed E-state index contributed by atoms with van der Waals surface area (Å²) in [6.45, 7) is 4.52. The SMILES string of the molecule is CCC[C@H]1CC[C@H](CCc2ccc(C=Cc3ccc(CC)cc3)cc2)CC1. The molecule has 0 atom stereocenters. The molecule has 0 bridgehead atoms. The lowest BCUT2D eigenvalue weighted by Crippen LogP contribution is -2.15. The average molecular weight is 361 g/mol. The molecule has 0 aromatic heterocycles. The van der Waals surface area contributed by atoms with E-state index >= 15 is 0 Å². The van der Waals surface area contributed by atoms with Gasteiger partial charge in [0.1, 0.15) is 0 Å². The summed E-state index contributed by atoms with van der Waals surface area (Å²) in [5.74, 6) is 1.99. The van der Waals surface area contributed by atoms with Crippen molar-refractivity contribution < 1.29 is 0 Å². The second kappa shape index (κ2) is 10.5. The van der Waals surface area contributed by atoms with Gasteiger partial charge in [-0.15, -0.1) is 0 Å². The molecule has 3 rings (SSSR count). The van der Waals surface area contributed by atoms with Crippen LogP contribution in [-0.2, 0) is 12.8 Å². The van der Waals surface area contributed by atoms with Crippen LogP contribution in [0.1, 0.15) is 81.0 Å². The van der Waals surface area contributed by atoms with E-state index in [1.165, 1.54) is 73.6 Å². The molecule has 27 heavy (non-hydrogen) atoms. The van der Waals surface area contributed by atoms with Crippen molar-refractivity contribution in [3.63, 3.8) is 0 Å². The minimum absolute atomic E-state index is 0.962. The topological polar surface area (TPSA) is 0 Å². The second-order valence-electron chi connectivity index (χ2n) is 8.38. The van der Waals surface area contributed by atoms with Gasteiger partial charge in [0.2, 0.25) is 0 Å². The Labute approximate surface area is 166 Å². The maximum Gasteiger partial charge on any atom is -0.0256 e. The van der Waals surface area contributed by atoms with E-state index < -0.39 is 0 Å². The summed E-state index contributed by atoms with van der Waals surface area (Å²) < 4.78 is 0. The van der Waals surface area contributed by atoms with Crippen LogP contribution in [0.15, 0.2) is 48.5 Å². The number of hydrogen-bond donors (Lipinski definition) is 0. The molecule has 0 N–H and O–H groups in total. The fourth-order valence-electron chi connectivity index (χ4n) is 4.44. The fraction of sp³-hybridized carbons (Fsp3) is 0.481. The molecule has 0 spiro atoms. The van der Waals surface area contributed by atoms with E-state index in [9.17, 15) is 0 Å². The molecule has 0 heteroatoms. The zero-order valence-electron chi connectivity index (χ0n) is 17.3. The molecule has 0 saturated heterocycles. The third kappa shape index (κ3) is 6.38. The Hall–Kier alpha value is -1.82. The summed E-state index contributed by atoms with van der Waals surface area (Å²) in [6, 6.07) is 18.0. The van der Waals surface area contributed by atoms with Crippen LogP contribution >= 0.6 is 0 Å². The van der Waals surface area contributed by atoms with Crippen LogP contribution in [0.3, 0.4) is 0 Å². The molecule has 0 radical (unpaired) electrons. The van der Waals surface area contributed by atoms with Gasteiger partial charge < -0.3 is 0 Å². The monoisotopic (exact) mass is 360 g/mol. The summed E-state index contributed by atoms with van der Waals surface area (Å²) >= 11 is 0. The highest BCUT2D eigenvalue weighted by atomic mass is 14.3. The minimum atomic E-state index is 0.962. The molecule has 0 nitrogen and oxygen atoms in total. The highest BCUT2D eigenvalue weighted by Gasteiger charge is 2.20. The van der Waals surface area contributed by atoms with Gasteiger partial charge in [-0.3, -0.25) is 0 Å². The summed E-state index contributed by atoms with van der Waals surface area (Å²) in [7, 11) is 0. The molecule has 144 valence electrons. The van der Waals surface area contributed by atoms with Gasteiger partial charge in [-0.05, 0) is 53.4 Å². The second-order valence-corrected chi connectivity index (χ2v) is 8.38. The molecule has 1 aliphatic rings. The van der Waals surface area contributed by atoms with Crippen molar-refractivity contribution in [1.82, 2.24) is 0 Å². The molecular weight excluding hydrogens is 324 g/mol. The lowest BCUT2D eigenvalue weighted by molar-refractivity contribution is 0.252. The van der Waals surface area contributed by atoms with Gasteiger partial charge in [0.25, 0.3) is 0 Å². The van der Waals surface area contributed by atoms with E-state index in [-0.39, 0.29) is 0 Å². The molecule has 0 aliphatic heterocycles. The van der Waals surface area contributed by atoms with Gasteiger partial charge in [0.05, 0.1) is 0 Å². The van der Waals surface area contributed by atoms with Crippen molar-refractivity contribution in [3.05, 3.63) is 70.8 Å². The first kappa shape index (κ1) is 19.9. The first-order valence-corrected chi connectivity index (χ1v) is 11.1. The fourth-order valence-corrected chi connectivity index (χ4v) is 4.44. The maximum atomic E-state index is 2.33. The lowest BCUT2D eigenvalue weighted by atomic mass is 9.78. The van der Waals surface area contributed by atoms with Crippen LogP contribution in [0.4, 0.5) is 0 Å². The van der Waals surface area contributed by atoms with Crippen LogP contribution in [0.25, 0.3) is 12.2 Å². The predicted molar refractivity (Wildman–Crippen MR) is 120 cm³/mol. The first-order valence-electron chi connectivity index (χ1n) is 11.1. The third-order valence-corrected chi connectivity index (χ3v) is 6.34. The van der Waals surface area contributed by atoms with Crippen LogP contribution in [-0.4, -0.2) is 0 Å². The van der Waals surface area contributed by atoms with E-state index in [0.29, 0.717) is 0 Å². The van der Waals surface area contributed by atoms with Crippen molar-refractivity contribution in [2.75, 3.05) is 0 Å². The molecule has 2 aromatic rings. The number of hydrogen-bond acceptors (Lipinski definition) is 0. The summed E-state index contributed by atoms with van der Waals surface area (Å²) in [4.78, 5) is 0. The normalized spacial score (nSPS) is 20.2. The van der Waals surface area contributed by atoms with E-state index in [2.05, 4.69) is 74.5 Å². The lowest BCUT2D eigenvalue weighted by Gasteiger charge is -2.28. The standard InChI is InChI=1S/C27H36/c1-3-5-23-10-12-25(13-11-23)16-17-27-20-18-26(19-21-27)15-14-24-8-6-22(4-2)7-9-24/h6-9,14-15,18-21,23,25H,3-5,10-13,16-17H2,1-2H3/t23-,25-. The summed E-state index contributed by atoms with van der Waals surface area (Å²) in [5.41, 5.74) is 5.46. The molecule has 0 heterocycles. The molecule has 1 fully saturated rings. The van der Waals surface area contributed by atoms with E-state index in [4.69, 9.17) is 0 Å². The van der Waals surface area contributed by atoms with Crippen molar-refractivity contribution >= 4 is 12.2 Å². The number of rotatable bonds is 8. The van der Waals surface area contributed by atoms with Crippen LogP contribution in [0.2, 0.25) is 0 Å². The molecule has 1 saturated carbocycles. The molecule has 1 aliphatic carbocycles. The van der Waals surface area contributed by atoms with E-state index in [1.54, 1.807) is 0 Å². The van der Waals surface area contributed by atoms with Gasteiger partial charge in [0, 0.05) is 0 Å². The highest BCUT2D eigenvalue weighted by Crippen LogP contribution is 2.33. The number of benzene rings is 2. The highest BCUT2D eigenvalue weighted by molar-refractivity contribution is 5.69. The van der Waals surface area contributed by atoms with Crippen molar-refractivity contribution in [1.29, 1.82) is 0 Å². The molecule has 0 unspecified atom stereocenters. The van der Waals surface area contributed by atoms with Crippen LogP contribution in [0, 0.1) is 11.8 Å². The quantitative estimate of drug-likeness (QED) is 0.419. The Morgan fingerprint density at radius 3 is 1.63 bits per heavy atom. The maximum absolute atomic E-state index is 2.33. The van der Waals surface area contributed by atoms with Crippen LogP contribution in [0.5, 0.6) is 0 Å². The first-order chi connectivity index (χ1) is 13.3. The van der Waals surface area contributed by atoms with Crippen LogP contribution < -0.4 is 0 Å². The van der Waals surface area contributed by atoms with Gasteiger partial charge in [0.15, 0.2) is 0 Å². The Kier molecular flexibility index (Phi) is 7.75. The smallest absolute Gasteiger partial charge is 0.0256 e. The van der Waals surface area contributed by atoms with Gasteiger partial charge >= 0.3 is 0 Å². The zero-order valence-corrected chi connectivity index (χ0v) is 17.3. The summed E-state index contributed by atoms with van der Waals surface area (Å²) in [6.07, 6.45) is 16.8. The van der Waals surface area contributed by atoms with E-state index in [0.717, 1.165) is 18.3 Å². The summed E-state index contributed by atoms with van der Waals surface area (Å²) in [5, 5.41) is 0. The average Bonchev–Trinajstić information content (AvgIpc) is 2.73. The van der Waals surface area contributed by atoms with E-state index in [1.807, 2.05) is 0 Å². The molecule has 0 amide bonds. The van der Waals surface area contributed by atoms with Gasteiger partial charge in [-0.2, -0.15) is 0 Å². The predicted octanol–water partition coefficient (Wildman–Crippen LogP) is 7.96. The Morgan fingerprint density at radius 2 is 1.15 bits per heavy atom. The van der Waals surface area contributed by atoms with Crippen molar-refractivity contribution in [3.8, 4) is 0 Å². The zero-order chi connectivity index (χ0) is 18.9. The Balaban J connectivity index is 1.45. The minimum Gasteiger partial charge on any atom is -0.0654 e. The molecule has 2 aromatic carbocycles. The van der Waals surface area contributed by atoms with Crippen molar-refractivity contribution in [2.24, 2.45) is 11.8 Å². The Morgan fingerprint density at radius 1 is 0.667 bits per heavy atom. The third-order valence-electron chi connectivity index (χ3n) is 6.34. The van der Waals surface area contributed by atoms with Crippen molar-refractivity contribution in [2.45, 2.75) is 71.6 Å². The van der Waals surface area contributed by atoms with Gasteiger partial charge in [-0.1, -0.05) is 113 Å². The largest absolute Gasteiger partial charge is 0.0654 e. The number of aryl methyl sites for hydroxylation is 2. The molecular formula is C27H36.